The predicted octanol–water partition coefficient (Wildman–Crippen LogP) is 1.84. The maximum absolute atomic E-state index is 10.5. The van der Waals surface area contributed by atoms with Crippen LogP contribution in [0.5, 0.6) is 5.88 Å². The molecule has 0 radical (unpaired) electrons. The summed E-state index contributed by atoms with van der Waals surface area (Å²) in [6, 6.07) is 5.18. The van der Waals surface area contributed by atoms with Crippen molar-refractivity contribution in [1.82, 2.24) is 5.16 Å². The standard InChI is InChI=1S/C15H22N4O4/c1-2-3-6-18-11-4-5-13-12(7-11)14(19-23-13)21-8-10(16)9-22-15(17)20/h4-5,7,10,18H,2-3,6,8-9,16H2,1H3,(H2,17,20). The van der Waals surface area contributed by atoms with Gasteiger partial charge in [0, 0.05) is 12.2 Å². The van der Waals surface area contributed by atoms with E-state index in [4.69, 9.17) is 20.7 Å². The molecule has 2 rings (SSSR count). The number of hydrogen-bond donors (Lipinski definition) is 3. The maximum atomic E-state index is 10.5. The van der Waals surface area contributed by atoms with Gasteiger partial charge in [-0.25, -0.2) is 4.79 Å². The number of nitrogens with one attached hydrogen (secondary N) is 1. The van der Waals surface area contributed by atoms with E-state index < -0.39 is 12.1 Å². The Bertz CT molecular complexity index is 643. The molecule has 1 aromatic carbocycles. The highest BCUT2D eigenvalue weighted by molar-refractivity contribution is 5.85. The molecule has 8 heteroatoms. The largest absolute Gasteiger partial charge is 0.473 e. The van der Waals surface area contributed by atoms with Gasteiger partial charge in [-0.1, -0.05) is 13.3 Å². The van der Waals surface area contributed by atoms with Crippen molar-refractivity contribution in [2.45, 2.75) is 25.8 Å². The molecule has 0 aliphatic heterocycles. The molecule has 1 heterocycles. The average Bonchev–Trinajstić information content (AvgIpc) is 2.93. The number of aromatic nitrogens is 1. The third kappa shape index (κ3) is 5.03. The zero-order valence-electron chi connectivity index (χ0n) is 13.1. The second-order valence-electron chi connectivity index (χ2n) is 5.18. The van der Waals surface area contributed by atoms with Crippen LogP contribution in [0, 0.1) is 0 Å². The van der Waals surface area contributed by atoms with E-state index >= 15 is 0 Å². The van der Waals surface area contributed by atoms with Gasteiger partial charge in [-0.2, -0.15) is 0 Å². The normalized spacial score (nSPS) is 12.1. The molecule has 126 valence electrons. The van der Waals surface area contributed by atoms with Gasteiger partial charge in [0.05, 0.1) is 11.4 Å². The molecule has 0 bridgehead atoms. The molecule has 0 aliphatic carbocycles. The van der Waals surface area contributed by atoms with E-state index in [1.807, 2.05) is 18.2 Å². The first-order chi connectivity index (χ1) is 11.1. The number of primary amides is 1. The Morgan fingerprint density at radius 3 is 3.00 bits per heavy atom. The van der Waals surface area contributed by atoms with E-state index in [9.17, 15) is 4.79 Å². The smallest absolute Gasteiger partial charge is 0.404 e. The summed E-state index contributed by atoms with van der Waals surface area (Å²) in [6.07, 6.45) is 1.36. The van der Waals surface area contributed by atoms with Crippen LogP contribution in [-0.4, -0.2) is 37.1 Å². The number of nitrogens with two attached hydrogens (primary N) is 2. The van der Waals surface area contributed by atoms with Crippen LogP contribution in [0.2, 0.25) is 0 Å². The van der Waals surface area contributed by atoms with Gasteiger partial charge in [0.15, 0.2) is 5.58 Å². The Morgan fingerprint density at radius 2 is 2.26 bits per heavy atom. The lowest BCUT2D eigenvalue weighted by atomic mass is 10.2. The molecule has 1 atom stereocenters. The van der Waals surface area contributed by atoms with Gasteiger partial charge in [0.1, 0.15) is 13.2 Å². The summed E-state index contributed by atoms with van der Waals surface area (Å²) in [4.78, 5) is 10.5. The van der Waals surface area contributed by atoms with E-state index in [0.717, 1.165) is 30.5 Å². The van der Waals surface area contributed by atoms with Crippen molar-refractivity contribution >= 4 is 22.7 Å². The minimum absolute atomic E-state index is 0.0189. The van der Waals surface area contributed by atoms with Crippen LogP contribution in [0.15, 0.2) is 22.7 Å². The predicted molar refractivity (Wildman–Crippen MR) is 86.4 cm³/mol. The van der Waals surface area contributed by atoms with E-state index in [1.165, 1.54) is 0 Å². The Kier molecular flexibility index (Phi) is 6.04. The summed E-state index contributed by atoms with van der Waals surface area (Å²) in [5.41, 5.74) is 12.2. The van der Waals surface area contributed by atoms with Crippen LogP contribution in [0.3, 0.4) is 0 Å². The maximum Gasteiger partial charge on any atom is 0.404 e. The van der Waals surface area contributed by atoms with Crippen molar-refractivity contribution in [3.63, 3.8) is 0 Å². The summed E-state index contributed by atoms with van der Waals surface area (Å²) in [7, 11) is 0. The zero-order chi connectivity index (χ0) is 16.7. The van der Waals surface area contributed by atoms with Crippen LogP contribution in [0.1, 0.15) is 19.8 Å². The van der Waals surface area contributed by atoms with Crippen molar-refractivity contribution in [3.8, 4) is 5.88 Å². The van der Waals surface area contributed by atoms with Gasteiger partial charge in [0.25, 0.3) is 5.88 Å². The highest BCUT2D eigenvalue weighted by Gasteiger charge is 2.13. The molecule has 0 aliphatic rings. The molecule has 2 aromatic rings. The Morgan fingerprint density at radius 1 is 1.43 bits per heavy atom. The van der Waals surface area contributed by atoms with Crippen molar-refractivity contribution in [2.75, 3.05) is 25.1 Å². The monoisotopic (exact) mass is 322 g/mol. The molecule has 23 heavy (non-hydrogen) atoms. The lowest BCUT2D eigenvalue weighted by Gasteiger charge is -2.11. The Labute approximate surface area is 134 Å². The highest BCUT2D eigenvalue weighted by Crippen LogP contribution is 2.27. The summed E-state index contributed by atoms with van der Waals surface area (Å²) in [6.45, 7) is 3.15. The Balaban J connectivity index is 1.97. The number of anilines is 1. The molecule has 1 aromatic heterocycles. The molecule has 5 N–H and O–H groups in total. The number of nitrogens with zero attached hydrogens (tertiary/aromatic N) is 1. The first-order valence-electron chi connectivity index (χ1n) is 7.54. The second kappa shape index (κ2) is 8.23. The quantitative estimate of drug-likeness (QED) is 0.601. The van der Waals surface area contributed by atoms with Gasteiger partial charge in [-0.3, -0.25) is 0 Å². The first-order valence-corrected chi connectivity index (χ1v) is 7.54. The van der Waals surface area contributed by atoms with Crippen molar-refractivity contribution in [2.24, 2.45) is 11.5 Å². The van der Waals surface area contributed by atoms with E-state index in [-0.39, 0.29) is 13.2 Å². The number of benzene rings is 1. The van der Waals surface area contributed by atoms with Gasteiger partial charge in [0.2, 0.25) is 0 Å². The van der Waals surface area contributed by atoms with Crippen molar-refractivity contribution in [3.05, 3.63) is 18.2 Å². The number of rotatable bonds is 9. The molecular formula is C15H22N4O4. The number of unbranched alkanes of at least 4 members (excludes halogenated alkanes) is 1. The molecule has 8 nitrogen and oxygen atoms in total. The molecular weight excluding hydrogens is 300 g/mol. The van der Waals surface area contributed by atoms with Crippen molar-refractivity contribution in [1.29, 1.82) is 0 Å². The number of amides is 1. The lowest BCUT2D eigenvalue weighted by molar-refractivity contribution is 0.136. The minimum atomic E-state index is -0.866. The van der Waals surface area contributed by atoms with Crippen LogP contribution in [0.4, 0.5) is 10.5 Å². The highest BCUT2D eigenvalue weighted by atomic mass is 16.6. The fourth-order valence-electron chi connectivity index (χ4n) is 1.96. The summed E-state index contributed by atoms with van der Waals surface area (Å²) in [5.74, 6) is 0.355. The molecule has 0 saturated heterocycles. The molecule has 0 spiro atoms. The fraction of sp³-hybridized carbons (Fsp3) is 0.467. The van der Waals surface area contributed by atoms with Gasteiger partial charge < -0.3 is 30.8 Å². The number of carbonyl (C=O) groups is 1. The number of carbonyl (C=O) groups excluding carboxylic acids is 1. The van der Waals surface area contributed by atoms with Gasteiger partial charge in [-0.15, -0.1) is 0 Å². The molecule has 1 unspecified atom stereocenters. The van der Waals surface area contributed by atoms with Gasteiger partial charge in [-0.05, 0) is 29.8 Å². The number of fused-ring (bicyclic) bond motifs is 1. The molecule has 0 fully saturated rings. The fourth-order valence-corrected chi connectivity index (χ4v) is 1.96. The topological polar surface area (TPSA) is 126 Å². The first kappa shape index (κ1) is 16.9. The van der Waals surface area contributed by atoms with Gasteiger partial charge >= 0.3 is 6.09 Å². The number of hydrogen-bond acceptors (Lipinski definition) is 7. The van der Waals surface area contributed by atoms with Crippen LogP contribution >= 0.6 is 0 Å². The Hall–Kier alpha value is -2.48. The summed E-state index contributed by atoms with van der Waals surface area (Å²) >= 11 is 0. The third-order valence-electron chi connectivity index (χ3n) is 3.17. The van der Waals surface area contributed by atoms with Crippen molar-refractivity contribution < 1.29 is 18.8 Å². The lowest BCUT2D eigenvalue weighted by Crippen LogP contribution is -2.34. The summed E-state index contributed by atoms with van der Waals surface area (Å²) in [5, 5.41) is 7.98. The van der Waals surface area contributed by atoms with E-state index in [1.54, 1.807) is 0 Å². The molecule has 0 saturated carbocycles. The second-order valence-corrected chi connectivity index (χ2v) is 5.18. The third-order valence-corrected chi connectivity index (χ3v) is 3.17. The van der Waals surface area contributed by atoms with E-state index in [0.29, 0.717) is 11.5 Å². The van der Waals surface area contributed by atoms with E-state index in [2.05, 4.69) is 22.1 Å². The molecule has 1 amide bonds. The van der Waals surface area contributed by atoms with Crippen LogP contribution in [0.25, 0.3) is 11.0 Å². The van der Waals surface area contributed by atoms with Crippen LogP contribution in [-0.2, 0) is 4.74 Å². The zero-order valence-corrected chi connectivity index (χ0v) is 13.1. The minimum Gasteiger partial charge on any atom is -0.473 e. The average molecular weight is 322 g/mol. The summed E-state index contributed by atoms with van der Waals surface area (Å²) < 4.78 is 15.4. The SMILES string of the molecule is CCCCNc1ccc2onc(OCC(N)COC(N)=O)c2c1. The number of ether oxygens (including phenoxy) is 2. The van der Waals surface area contributed by atoms with Crippen LogP contribution < -0.4 is 21.5 Å².